The summed E-state index contributed by atoms with van der Waals surface area (Å²) in [6, 6.07) is 80.6. The molecule has 4 N–H and O–H groups in total. The summed E-state index contributed by atoms with van der Waals surface area (Å²) in [7, 11) is 1.75. The summed E-state index contributed by atoms with van der Waals surface area (Å²) in [5, 5.41) is 8.26. The molecule has 0 amide bonds. The minimum absolute atomic E-state index is 0. The van der Waals surface area contributed by atoms with Crippen LogP contribution >= 0.6 is 30.5 Å². The highest BCUT2D eigenvalue weighted by molar-refractivity contribution is 14.1. The second kappa shape index (κ2) is 37.2. The first kappa shape index (κ1) is 72.6. The maximum atomic E-state index is 5.93. The zero-order valence-corrected chi connectivity index (χ0v) is 58.0. The predicted octanol–water partition coefficient (Wildman–Crippen LogP) is 25.1. The zero-order valence-electron chi connectivity index (χ0n) is 55.0. The summed E-state index contributed by atoms with van der Waals surface area (Å²) in [6.07, 6.45) is 19.1. The number of aryl methyl sites for hydroxylation is 1. The van der Waals surface area contributed by atoms with Gasteiger partial charge < -0.3 is 26.2 Å². The summed E-state index contributed by atoms with van der Waals surface area (Å²) in [4.78, 5) is 13.0. The second-order valence-corrected chi connectivity index (χ2v) is 28.7. The van der Waals surface area contributed by atoms with Gasteiger partial charge in [-0.15, -0.1) is 0 Å². The largest absolute Gasteiger partial charge is 0.399 e. The van der Waals surface area contributed by atoms with Gasteiger partial charge in [-0.25, -0.2) is 4.98 Å². The molecule has 2 aliphatic rings. The Morgan fingerprint density at radius 3 is 1.37 bits per heavy atom. The lowest BCUT2D eigenvalue weighted by atomic mass is 9.82. The lowest BCUT2D eigenvalue weighted by molar-refractivity contribution is 0.487. The number of hydrogen-bond donors (Lipinski definition) is 3. The van der Waals surface area contributed by atoms with E-state index in [1.165, 1.54) is 69.8 Å². The Morgan fingerprint density at radius 2 is 0.925 bits per heavy atom. The van der Waals surface area contributed by atoms with Crippen molar-refractivity contribution in [2.24, 2.45) is 0 Å². The molecule has 0 unspecified atom stereocenters. The molecule has 0 bridgehead atoms. The summed E-state index contributed by atoms with van der Waals surface area (Å²) < 4.78 is 1.15. The van der Waals surface area contributed by atoms with Gasteiger partial charge in [0, 0.05) is 64.9 Å². The predicted molar refractivity (Wildman–Crippen MR) is 418 cm³/mol. The van der Waals surface area contributed by atoms with Crippen molar-refractivity contribution in [2.45, 2.75) is 163 Å². The lowest BCUT2D eigenvalue weighted by Gasteiger charge is -2.40. The zero-order chi connectivity index (χ0) is 63.9. The molecule has 0 radical (unpaired) electrons. The van der Waals surface area contributed by atoms with E-state index in [0.29, 0.717) is 17.8 Å². The molecule has 0 atom stereocenters. The third-order valence-electron chi connectivity index (χ3n) is 17.3. The summed E-state index contributed by atoms with van der Waals surface area (Å²) in [5.41, 5.74) is 26.2. The normalized spacial score (nSPS) is 13.0. The molecule has 8 aromatic carbocycles. The SMILES string of the molecule is C.C.CC(C)c1cc(C(C)C)c(-c2ccccc2P(C2CCCCC2)C2CCCCC2)c(C(C)C)c1.CCc1ncccc1Nc1cccc(N(c2ccccc2)c2ccccc2)c1.CNc1ncccc1I.Nc1cccc(N(c2ccccc2)c2ccccc2)c1. The van der Waals surface area contributed by atoms with Gasteiger partial charge in [-0.2, -0.15) is 0 Å². The molecular weight excluding hydrogens is 1260 g/mol. The third-order valence-corrected chi connectivity index (χ3v) is 21.7. The molecular formula is C84H103IN7P. The van der Waals surface area contributed by atoms with E-state index in [1.807, 2.05) is 98.2 Å². The van der Waals surface area contributed by atoms with Crippen molar-refractivity contribution >= 4 is 92.8 Å². The first-order chi connectivity index (χ1) is 44.4. The van der Waals surface area contributed by atoms with Gasteiger partial charge in [-0.05, 0) is 226 Å². The number of rotatable bonds is 17. The summed E-state index contributed by atoms with van der Waals surface area (Å²) in [6.45, 7) is 16.4. The Hall–Kier alpha value is -7.78. The molecule has 2 fully saturated rings. The van der Waals surface area contributed by atoms with E-state index in [0.717, 1.165) is 84.0 Å². The maximum Gasteiger partial charge on any atom is 0.139 e. The van der Waals surface area contributed by atoms with Gasteiger partial charge in [0.15, 0.2) is 0 Å². The van der Waals surface area contributed by atoms with Crippen LogP contribution in [0.3, 0.4) is 0 Å². The van der Waals surface area contributed by atoms with Crippen LogP contribution in [0.4, 0.5) is 57.0 Å². The molecule has 10 aromatic rings. The number of nitrogens with zero attached hydrogens (tertiary/aromatic N) is 4. The van der Waals surface area contributed by atoms with Crippen LogP contribution in [0.15, 0.2) is 243 Å². The number of nitrogens with two attached hydrogens (primary N) is 1. The van der Waals surface area contributed by atoms with Gasteiger partial charge >= 0.3 is 0 Å². The fourth-order valence-corrected chi connectivity index (χ4v) is 17.3. The third kappa shape index (κ3) is 19.9. The van der Waals surface area contributed by atoms with Crippen LogP contribution in [0.2, 0.25) is 0 Å². The molecule has 9 heteroatoms. The van der Waals surface area contributed by atoms with Gasteiger partial charge in [-0.3, -0.25) is 4.98 Å². The van der Waals surface area contributed by atoms with Crippen LogP contribution in [0, 0.1) is 3.57 Å². The molecule has 2 aliphatic carbocycles. The van der Waals surface area contributed by atoms with E-state index in [-0.39, 0.29) is 22.8 Å². The van der Waals surface area contributed by atoms with E-state index < -0.39 is 0 Å². The minimum atomic E-state index is -0.120. The summed E-state index contributed by atoms with van der Waals surface area (Å²) in [5.74, 6) is 2.59. The topological polar surface area (TPSA) is 82.3 Å². The molecule has 486 valence electrons. The number of aromatic nitrogens is 2. The highest BCUT2D eigenvalue weighted by Gasteiger charge is 2.35. The highest BCUT2D eigenvalue weighted by atomic mass is 127. The van der Waals surface area contributed by atoms with Crippen molar-refractivity contribution in [1.29, 1.82) is 0 Å². The molecule has 0 saturated heterocycles. The Kier molecular flexibility index (Phi) is 29.1. The average Bonchev–Trinajstić information content (AvgIpc) is 0.966. The number of benzene rings is 8. The van der Waals surface area contributed by atoms with Crippen molar-refractivity contribution in [1.82, 2.24) is 9.97 Å². The van der Waals surface area contributed by atoms with Gasteiger partial charge in [0.2, 0.25) is 0 Å². The first-order valence-electron chi connectivity index (χ1n) is 33.2. The Bertz CT molecular complexity index is 3650. The van der Waals surface area contributed by atoms with Crippen LogP contribution in [0.25, 0.3) is 11.1 Å². The number of anilines is 10. The molecule has 2 heterocycles. The van der Waals surface area contributed by atoms with Gasteiger partial charge in [-0.1, -0.05) is 231 Å². The second-order valence-electron chi connectivity index (χ2n) is 24.8. The summed E-state index contributed by atoms with van der Waals surface area (Å²) >= 11 is 2.24. The van der Waals surface area contributed by atoms with E-state index >= 15 is 0 Å². The Morgan fingerprint density at radius 1 is 0.484 bits per heavy atom. The molecule has 2 saturated carbocycles. The number of hydrogen-bond acceptors (Lipinski definition) is 7. The Labute approximate surface area is 575 Å². The molecule has 2 aromatic heterocycles. The first-order valence-corrected chi connectivity index (χ1v) is 35.8. The molecule has 0 spiro atoms. The van der Waals surface area contributed by atoms with Crippen LogP contribution in [0.1, 0.15) is 168 Å². The van der Waals surface area contributed by atoms with E-state index in [1.54, 1.807) is 33.8 Å². The quantitative estimate of drug-likeness (QED) is 0.0476. The monoisotopic (exact) mass is 1370 g/mol. The van der Waals surface area contributed by atoms with Crippen molar-refractivity contribution in [3.8, 4) is 11.1 Å². The van der Waals surface area contributed by atoms with Crippen molar-refractivity contribution < 1.29 is 0 Å². The maximum absolute atomic E-state index is 5.93. The van der Waals surface area contributed by atoms with Crippen LogP contribution < -0.4 is 31.5 Å². The van der Waals surface area contributed by atoms with Crippen molar-refractivity contribution in [2.75, 3.05) is 33.2 Å². The molecule has 12 rings (SSSR count). The van der Waals surface area contributed by atoms with Gasteiger partial charge in [0.25, 0.3) is 0 Å². The fourth-order valence-electron chi connectivity index (χ4n) is 12.7. The standard InChI is InChI=1S/C33H49P.C25H23N3.C18H16N2.C6H7IN2.2CH4/c1-23(2)26-21-30(24(3)4)33(31(22-26)25(5)6)29-19-13-14-20-32(29)34(27-15-9-7-10-16-27)28-17-11-8-12-18-28;1-2-24-25(17-10-18-26-24)27-20-11-9-16-23(19-20)28(21-12-5-3-6-13-21)22-14-7-4-8-15-22;19-15-8-7-13-18(14-15)20(16-9-3-1-4-10-16)17-11-5-2-6-12-17;1-8-6-5(7)3-2-4-9-6;;/h13-14,19-25,27-28H,7-12,15-18H2,1-6H3;3-19,27H,2H2,1H3;1-14H,19H2;2-4H,1H3,(H,8,9);2*1H4. The molecule has 7 nitrogen and oxygen atoms in total. The van der Waals surface area contributed by atoms with Crippen molar-refractivity contribution in [3.63, 3.8) is 0 Å². The smallest absolute Gasteiger partial charge is 0.139 e. The number of pyridine rings is 2. The van der Waals surface area contributed by atoms with E-state index in [2.05, 4.69) is 247 Å². The Balaban J connectivity index is 0.000000187. The van der Waals surface area contributed by atoms with Crippen LogP contribution in [0.5, 0.6) is 0 Å². The van der Waals surface area contributed by atoms with Gasteiger partial charge in [0.1, 0.15) is 5.82 Å². The fraction of sp³-hybridized carbons (Fsp3) is 0.310. The highest BCUT2D eigenvalue weighted by Crippen LogP contribution is 2.57. The molecule has 93 heavy (non-hydrogen) atoms. The van der Waals surface area contributed by atoms with E-state index in [9.17, 15) is 0 Å². The average molecular weight is 1370 g/mol. The number of nitrogen functional groups attached to an aromatic ring is 1. The minimum Gasteiger partial charge on any atom is -0.399 e. The van der Waals surface area contributed by atoms with Gasteiger partial charge in [0.05, 0.1) is 15.0 Å². The molecule has 0 aliphatic heterocycles. The van der Waals surface area contributed by atoms with E-state index in [4.69, 9.17) is 5.73 Å². The number of para-hydroxylation sites is 4. The number of halogens is 1. The lowest BCUT2D eigenvalue weighted by Crippen LogP contribution is -2.27. The number of nitrogens with one attached hydrogen (secondary N) is 2. The van der Waals surface area contributed by atoms with Crippen molar-refractivity contribution in [3.05, 3.63) is 269 Å². The van der Waals surface area contributed by atoms with Crippen LogP contribution in [-0.4, -0.2) is 28.3 Å². The van der Waals surface area contributed by atoms with Crippen LogP contribution in [-0.2, 0) is 6.42 Å².